The third kappa shape index (κ3) is 4.81. The third-order valence-corrected chi connectivity index (χ3v) is 6.39. The average molecular weight is 464 g/mol. The van der Waals surface area contributed by atoms with Crippen LogP contribution in [-0.4, -0.2) is 21.3 Å². The highest BCUT2D eigenvalue weighted by Gasteiger charge is 2.30. The summed E-state index contributed by atoms with van der Waals surface area (Å²) in [7, 11) is 0. The number of nitrogens with zero attached hydrogens (tertiary/aromatic N) is 1. The maximum Gasteiger partial charge on any atom is 0.341 e. The molecule has 0 spiro atoms. The molecule has 0 atom stereocenters. The van der Waals surface area contributed by atoms with Crippen LogP contribution in [0, 0.1) is 18.2 Å². The molecule has 1 aromatic carbocycles. The van der Waals surface area contributed by atoms with Crippen molar-refractivity contribution < 1.29 is 19.1 Å². The summed E-state index contributed by atoms with van der Waals surface area (Å²) in [6, 6.07) is 8.95. The molecule has 1 saturated carbocycles. The lowest BCUT2D eigenvalue weighted by Gasteiger charge is -2.17. The number of hydrogen-bond acceptors (Lipinski definition) is 3. The molecule has 1 N–H and O–H groups in total. The topological polar surface area (TPSA) is 75.8 Å². The quantitative estimate of drug-likeness (QED) is 0.471. The summed E-state index contributed by atoms with van der Waals surface area (Å²) in [6.07, 6.45) is 4.59. The fraction of sp³-hybridized carbons (Fsp3) is 0.393. The van der Waals surface area contributed by atoms with Gasteiger partial charge in [-0.3, -0.25) is 14.0 Å². The van der Waals surface area contributed by atoms with E-state index in [2.05, 4.69) is 0 Å². The number of carbonyl (C=O) groups excluding carboxylic acids is 1. The van der Waals surface area contributed by atoms with Gasteiger partial charge in [-0.2, -0.15) is 0 Å². The van der Waals surface area contributed by atoms with E-state index in [1.54, 1.807) is 6.92 Å². The number of aromatic nitrogens is 1. The van der Waals surface area contributed by atoms with Crippen LogP contribution in [0.5, 0.6) is 0 Å². The number of fused-ring (bicyclic) bond motifs is 1. The number of aromatic carboxylic acids is 1. The van der Waals surface area contributed by atoms with Crippen LogP contribution in [0.1, 0.15) is 79.4 Å². The molecule has 1 fully saturated rings. The number of rotatable bonds is 7. The zero-order valence-corrected chi connectivity index (χ0v) is 20.1. The minimum absolute atomic E-state index is 0.0292. The number of Topliss-reactive ketones (excluding diaryl/α,β-unsaturated/α-hetero) is 1. The van der Waals surface area contributed by atoms with Gasteiger partial charge in [0.25, 0.3) is 5.56 Å². The normalized spacial score (nSPS) is 13.9. The number of pyridine rings is 2. The predicted octanol–water partition coefficient (Wildman–Crippen LogP) is 5.93. The van der Waals surface area contributed by atoms with Gasteiger partial charge in [0, 0.05) is 24.6 Å². The van der Waals surface area contributed by atoms with E-state index >= 15 is 4.39 Å². The molecule has 0 aliphatic heterocycles. The molecular formula is C28H30FNO4. The lowest BCUT2D eigenvalue weighted by molar-refractivity contribution is -0.120. The number of carbonyl (C=O) groups is 2. The number of carboxylic acids is 1. The van der Waals surface area contributed by atoms with Crippen molar-refractivity contribution in [2.24, 2.45) is 5.41 Å². The van der Waals surface area contributed by atoms with Gasteiger partial charge >= 0.3 is 5.97 Å². The van der Waals surface area contributed by atoms with Crippen molar-refractivity contribution in [3.05, 3.63) is 75.0 Å². The van der Waals surface area contributed by atoms with Crippen molar-refractivity contribution >= 4 is 17.3 Å². The number of halogens is 1. The minimum atomic E-state index is -1.31. The van der Waals surface area contributed by atoms with Gasteiger partial charge in [-0.15, -0.1) is 0 Å². The van der Waals surface area contributed by atoms with E-state index in [1.807, 2.05) is 45.0 Å². The molecule has 0 saturated heterocycles. The molecule has 3 aromatic rings. The molecule has 2 heterocycles. The first-order valence-corrected chi connectivity index (χ1v) is 11.7. The van der Waals surface area contributed by atoms with Gasteiger partial charge < -0.3 is 5.11 Å². The molecular weight excluding hydrogens is 433 g/mol. The van der Waals surface area contributed by atoms with Crippen LogP contribution in [0.4, 0.5) is 4.39 Å². The average Bonchev–Trinajstić information content (AvgIpc) is 3.57. The van der Waals surface area contributed by atoms with E-state index in [4.69, 9.17) is 0 Å². The fourth-order valence-corrected chi connectivity index (χ4v) is 4.67. The van der Waals surface area contributed by atoms with Crippen molar-refractivity contribution in [2.45, 2.75) is 65.7 Å². The monoisotopic (exact) mass is 463 g/mol. The van der Waals surface area contributed by atoms with Gasteiger partial charge in [0.1, 0.15) is 17.2 Å². The fourth-order valence-electron chi connectivity index (χ4n) is 4.67. The Morgan fingerprint density at radius 3 is 2.35 bits per heavy atom. The Bertz CT molecular complexity index is 1340. The molecule has 34 heavy (non-hydrogen) atoms. The molecule has 0 unspecified atom stereocenters. The van der Waals surface area contributed by atoms with E-state index in [1.165, 1.54) is 6.07 Å². The Morgan fingerprint density at radius 1 is 1.15 bits per heavy atom. The summed E-state index contributed by atoms with van der Waals surface area (Å²) in [5, 5.41) is 9.45. The maximum absolute atomic E-state index is 15.3. The lowest BCUT2D eigenvalue weighted by Crippen LogP contribution is -2.24. The Labute approximate surface area is 198 Å². The van der Waals surface area contributed by atoms with E-state index in [0.717, 1.165) is 34.6 Å². The van der Waals surface area contributed by atoms with E-state index in [0.29, 0.717) is 41.5 Å². The van der Waals surface area contributed by atoms with Crippen LogP contribution in [0.3, 0.4) is 0 Å². The number of benzene rings is 1. The second kappa shape index (κ2) is 8.82. The highest BCUT2D eigenvalue weighted by Crippen LogP contribution is 2.44. The van der Waals surface area contributed by atoms with Crippen LogP contribution in [-0.2, 0) is 11.2 Å². The molecule has 6 heteroatoms. The second-order valence-corrected chi connectivity index (χ2v) is 10.6. The Kier molecular flexibility index (Phi) is 6.19. The molecule has 4 rings (SSSR count). The maximum atomic E-state index is 15.3. The van der Waals surface area contributed by atoms with Gasteiger partial charge in [-0.1, -0.05) is 45.0 Å². The Morgan fingerprint density at radius 2 is 1.79 bits per heavy atom. The first-order valence-electron chi connectivity index (χ1n) is 11.7. The summed E-state index contributed by atoms with van der Waals surface area (Å²) in [5.41, 5.74) is 2.98. The summed E-state index contributed by atoms with van der Waals surface area (Å²) < 4.78 is 16.4. The molecule has 1 aliphatic rings. The number of ketones is 1. The third-order valence-electron chi connectivity index (χ3n) is 6.39. The zero-order valence-electron chi connectivity index (χ0n) is 20.1. The van der Waals surface area contributed by atoms with E-state index < -0.39 is 17.3 Å². The summed E-state index contributed by atoms with van der Waals surface area (Å²) in [5.74, 6) is -1.48. The van der Waals surface area contributed by atoms with Gasteiger partial charge in [0.05, 0.1) is 5.52 Å². The molecule has 178 valence electrons. The van der Waals surface area contributed by atoms with Crippen LogP contribution in [0.25, 0.3) is 16.6 Å². The van der Waals surface area contributed by atoms with Crippen molar-refractivity contribution in [2.75, 3.05) is 0 Å². The molecule has 0 bridgehead atoms. The molecule has 5 nitrogen and oxygen atoms in total. The predicted molar refractivity (Wildman–Crippen MR) is 130 cm³/mol. The zero-order chi connectivity index (χ0) is 24.8. The Hall–Kier alpha value is -3.28. The van der Waals surface area contributed by atoms with Crippen molar-refractivity contribution in [1.82, 2.24) is 4.40 Å². The standard InChI is InChI=1S/C28H30FNO4/c1-16-24(19-8-5-17(6-9-19)7-12-20(31)14-28(2,3)4)23(29)15-30-25(16)21(18-10-11-18)13-22(26(30)32)27(33)34/h5-6,8-9,13,15,18H,7,10-12,14H2,1-4H3,(H,33,34). The van der Waals surface area contributed by atoms with Gasteiger partial charge in [0.2, 0.25) is 0 Å². The SMILES string of the molecule is Cc1c(-c2ccc(CCC(=O)CC(C)(C)C)cc2)c(F)cn2c(=O)c(C(=O)O)cc(C3CC3)c12. The van der Waals surface area contributed by atoms with Crippen molar-refractivity contribution in [3.63, 3.8) is 0 Å². The largest absolute Gasteiger partial charge is 0.477 e. The van der Waals surface area contributed by atoms with Crippen LogP contribution in [0.15, 0.2) is 41.3 Å². The molecule has 2 aromatic heterocycles. The number of carboxylic acid groups (broad SMARTS) is 1. The highest BCUT2D eigenvalue weighted by atomic mass is 19.1. The lowest BCUT2D eigenvalue weighted by atomic mass is 9.88. The van der Waals surface area contributed by atoms with Crippen molar-refractivity contribution in [1.29, 1.82) is 0 Å². The molecule has 1 aliphatic carbocycles. The Balaban J connectivity index is 1.70. The second-order valence-electron chi connectivity index (χ2n) is 10.6. The van der Waals surface area contributed by atoms with Gasteiger partial charge in [-0.05, 0) is 65.8 Å². The summed E-state index contributed by atoms with van der Waals surface area (Å²) >= 11 is 0. The smallest absolute Gasteiger partial charge is 0.341 e. The van der Waals surface area contributed by atoms with E-state index in [-0.39, 0.29) is 22.7 Å². The van der Waals surface area contributed by atoms with Gasteiger partial charge in [0.15, 0.2) is 0 Å². The summed E-state index contributed by atoms with van der Waals surface area (Å²) in [6.45, 7) is 7.92. The van der Waals surface area contributed by atoms with Crippen molar-refractivity contribution in [3.8, 4) is 11.1 Å². The highest BCUT2D eigenvalue weighted by molar-refractivity contribution is 5.89. The van der Waals surface area contributed by atoms with Crippen LogP contribution >= 0.6 is 0 Å². The molecule has 0 amide bonds. The first-order chi connectivity index (χ1) is 16.0. The van der Waals surface area contributed by atoms with Crippen LogP contribution < -0.4 is 5.56 Å². The minimum Gasteiger partial charge on any atom is -0.477 e. The summed E-state index contributed by atoms with van der Waals surface area (Å²) in [4.78, 5) is 36.6. The molecule has 0 radical (unpaired) electrons. The van der Waals surface area contributed by atoms with Crippen LogP contribution in [0.2, 0.25) is 0 Å². The van der Waals surface area contributed by atoms with Gasteiger partial charge in [-0.25, -0.2) is 9.18 Å². The van der Waals surface area contributed by atoms with E-state index in [9.17, 15) is 19.5 Å². The number of hydrogen-bond donors (Lipinski definition) is 1. The first kappa shape index (κ1) is 23.9. The number of aryl methyl sites for hydroxylation is 2.